The number of halogens is 1. The zero-order valence-corrected chi connectivity index (χ0v) is 12.5. The zero-order valence-electron chi connectivity index (χ0n) is 12.5. The molecule has 2 aromatic rings. The quantitative estimate of drug-likeness (QED) is 0.895. The highest BCUT2D eigenvalue weighted by atomic mass is 19.1. The summed E-state index contributed by atoms with van der Waals surface area (Å²) in [7, 11) is 1.53. The molecule has 0 saturated carbocycles. The van der Waals surface area contributed by atoms with Gasteiger partial charge in [0.2, 0.25) is 5.91 Å². The van der Waals surface area contributed by atoms with E-state index in [-0.39, 0.29) is 11.6 Å². The molecule has 5 nitrogen and oxygen atoms in total. The lowest BCUT2D eigenvalue weighted by Gasteiger charge is -2.24. The summed E-state index contributed by atoms with van der Waals surface area (Å²) < 4.78 is 13.7. The standard InChI is InChI=1S/C17H16FN3O2/c1-19-16(22)15-10-11-6-2-5-9-14(11)21(15)17(23)20-13-8-4-3-7-12(13)18/h2-9,15H,10H2,1H3,(H,19,22)(H,20,23). The molecule has 0 aromatic heterocycles. The predicted octanol–water partition coefficient (Wildman–Crippen LogP) is 2.53. The van der Waals surface area contributed by atoms with E-state index >= 15 is 0 Å². The Morgan fingerprint density at radius 2 is 1.83 bits per heavy atom. The summed E-state index contributed by atoms with van der Waals surface area (Å²) in [5, 5.41) is 5.10. The van der Waals surface area contributed by atoms with Crippen molar-refractivity contribution in [3.8, 4) is 0 Å². The molecule has 3 amide bonds. The van der Waals surface area contributed by atoms with Crippen LogP contribution in [0.4, 0.5) is 20.6 Å². The molecule has 1 aliphatic heterocycles. The van der Waals surface area contributed by atoms with E-state index in [4.69, 9.17) is 0 Å². The molecule has 3 rings (SSSR count). The normalized spacial score (nSPS) is 15.9. The number of nitrogens with zero attached hydrogens (tertiary/aromatic N) is 1. The van der Waals surface area contributed by atoms with Crippen molar-refractivity contribution in [2.45, 2.75) is 12.5 Å². The summed E-state index contributed by atoms with van der Waals surface area (Å²) in [4.78, 5) is 26.1. The Morgan fingerprint density at radius 1 is 1.13 bits per heavy atom. The number of hydrogen-bond acceptors (Lipinski definition) is 2. The second-order valence-corrected chi connectivity index (χ2v) is 5.24. The van der Waals surface area contributed by atoms with Crippen LogP contribution in [0.5, 0.6) is 0 Å². The van der Waals surface area contributed by atoms with Gasteiger partial charge in [-0.15, -0.1) is 0 Å². The van der Waals surface area contributed by atoms with Crippen molar-refractivity contribution in [1.29, 1.82) is 0 Å². The van der Waals surface area contributed by atoms with E-state index in [1.165, 1.54) is 24.1 Å². The Kier molecular flexibility index (Phi) is 3.97. The third-order valence-electron chi connectivity index (χ3n) is 3.86. The first-order valence-electron chi connectivity index (χ1n) is 7.26. The maximum absolute atomic E-state index is 13.7. The van der Waals surface area contributed by atoms with Gasteiger partial charge in [0.25, 0.3) is 0 Å². The molecule has 1 atom stereocenters. The van der Waals surface area contributed by atoms with Crippen molar-refractivity contribution in [3.63, 3.8) is 0 Å². The first-order valence-corrected chi connectivity index (χ1v) is 7.26. The lowest BCUT2D eigenvalue weighted by molar-refractivity contribution is -0.121. The van der Waals surface area contributed by atoms with E-state index in [9.17, 15) is 14.0 Å². The molecule has 0 radical (unpaired) electrons. The second-order valence-electron chi connectivity index (χ2n) is 5.24. The summed E-state index contributed by atoms with van der Waals surface area (Å²) in [6.45, 7) is 0. The van der Waals surface area contributed by atoms with Crippen LogP contribution >= 0.6 is 0 Å². The van der Waals surface area contributed by atoms with Crippen LogP contribution in [0.25, 0.3) is 0 Å². The van der Waals surface area contributed by atoms with Crippen LogP contribution in [0.2, 0.25) is 0 Å². The number of rotatable bonds is 2. The van der Waals surface area contributed by atoms with E-state index < -0.39 is 17.9 Å². The molecule has 23 heavy (non-hydrogen) atoms. The second kappa shape index (κ2) is 6.08. The summed E-state index contributed by atoms with van der Waals surface area (Å²) in [6, 6.07) is 12.1. The maximum Gasteiger partial charge on any atom is 0.327 e. The minimum Gasteiger partial charge on any atom is -0.357 e. The molecule has 0 spiro atoms. The van der Waals surface area contributed by atoms with Crippen LogP contribution in [0.1, 0.15) is 5.56 Å². The topological polar surface area (TPSA) is 61.4 Å². The average molecular weight is 313 g/mol. The van der Waals surface area contributed by atoms with Gasteiger partial charge in [0.15, 0.2) is 0 Å². The molecule has 118 valence electrons. The molecule has 2 N–H and O–H groups in total. The van der Waals surface area contributed by atoms with Crippen molar-refractivity contribution in [1.82, 2.24) is 5.32 Å². The van der Waals surface area contributed by atoms with Gasteiger partial charge in [-0.1, -0.05) is 30.3 Å². The summed E-state index contributed by atoms with van der Waals surface area (Å²) >= 11 is 0. The number of amides is 3. The smallest absolute Gasteiger partial charge is 0.327 e. The zero-order chi connectivity index (χ0) is 16.4. The number of likely N-dealkylation sites (N-methyl/N-ethyl adjacent to an activating group) is 1. The highest BCUT2D eigenvalue weighted by molar-refractivity contribution is 6.08. The van der Waals surface area contributed by atoms with Crippen LogP contribution < -0.4 is 15.5 Å². The molecular formula is C17H16FN3O2. The molecule has 0 saturated heterocycles. The number of nitrogens with one attached hydrogen (secondary N) is 2. The van der Waals surface area contributed by atoms with Crippen molar-refractivity contribution < 1.29 is 14.0 Å². The number of anilines is 2. The first-order chi connectivity index (χ1) is 11.1. The molecule has 6 heteroatoms. The number of carbonyl (C=O) groups is 2. The fourth-order valence-corrected chi connectivity index (χ4v) is 2.75. The predicted molar refractivity (Wildman–Crippen MR) is 85.9 cm³/mol. The Morgan fingerprint density at radius 3 is 2.57 bits per heavy atom. The van der Waals surface area contributed by atoms with Crippen LogP contribution in [-0.4, -0.2) is 25.0 Å². The average Bonchev–Trinajstić information content (AvgIpc) is 2.95. The maximum atomic E-state index is 13.7. The third kappa shape index (κ3) is 2.75. The Balaban J connectivity index is 1.92. The highest BCUT2D eigenvalue weighted by Crippen LogP contribution is 2.32. The van der Waals surface area contributed by atoms with Crippen molar-refractivity contribution in [3.05, 3.63) is 59.9 Å². The van der Waals surface area contributed by atoms with Crippen LogP contribution in [0, 0.1) is 5.82 Å². The fraction of sp³-hybridized carbons (Fsp3) is 0.176. The Hall–Kier alpha value is -2.89. The minimum atomic E-state index is -0.649. The molecule has 0 fully saturated rings. The van der Waals surface area contributed by atoms with E-state index in [0.717, 1.165) is 5.56 Å². The molecular weight excluding hydrogens is 297 g/mol. The van der Waals surface area contributed by atoms with E-state index in [2.05, 4.69) is 10.6 Å². The van der Waals surface area contributed by atoms with Gasteiger partial charge in [-0.05, 0) is 23.8 Å². The number of hydrogen-bond donors (Lipinski definition) is 2. The first kappa shape index (κ1) is 15.0. The number of urea groups is 1. The van der Waals surface area contributed by atoms with Gasteiger partial charge in [-0.3, -0.25) is 9.69 Å². The fourth-order valence-electron chi connectivity index (χ4n) is 2.75. The van der Waals surface area contributed by atoms with Crippen LogP contribution in [0.15, 0.2) is 48.5 Å². The van der Waals surface area contributed by atoms with E-state index in [1.54, 1.807) is 24.3 Å². The number of benzene rings is 2. The number of carbonyl (C=O) groups excluding carboxylic acids is 2. The minimum absolute atomic E-state index is 0.0811. The Bertz CT molecular complexity index is 763. The summed E-state index contributed by atoms with van der Waals surface area (Å²) in [6.07, 6.45) is 0.431. The largest absolute Gasteiger partial charge is 0.357 e. The molecule has 1 heterocycles. The molecule has 2 aromatic carbocycles. The molecule has 1 aliphatic rings. The summed E-state index contributed by atoms with van der Waals surface area (Å²) in [5.74, 6) is -0.783. The van der Waals surface area contributed by atoms with Crippen LogP contribution in [-0.2, 0) is 11.2 Å². The monoisotopic (exact) mass is 313 g/mol. The van der Waals surface area contributed by atoms with Gasteiger partial charge in [0, 0.05) is 19.2 Å². The van der Waals surface area contributed by atoms with E-state index in [0.29, 0.717) is 12.1 Å². The SMILES string of the molecule is CNC(=O)C1Cc2ccccc2N1C(=O)Nc1ccccc1F. The van der Waals surface area contributed by atoms with E-state index in [1.807, 2.05) is 12.1 Å². The number of fused-ring (bicyclic) bond motifs is 1. The van der Waals surface area contributed by atoms with Gasteiger partial charge in [-0.25, -0.2) is 9.18 Å². The van der Waals surface area contributed by atoms with Crippen LogP contribution in [0.3, 0.4) is 0 Å². The third-order valence-corrected chi connectivity index (χ3v) is 3.86. The number of para-hydroxylation sites is 2. The Labute approximate surface area is 133 Å². The van der Waals surface area contributed by atoms with Gasteiger partial charge in [0.1, 0.15) is 11.9 Å². The summed E-state index contributed by atoms with van der Waals surface area (Å²) in [5.41, 5.74) is 1.65. The van der Waals surface area contributed by atoms with Gasteiger partial charge < -0.3 is 10.6 Å². The lowest BCUT2D eigenvalue weighted by atomic mass is 10.1. The van der Waals surface area contributed by atoms with Crippen molar-refractivity contribution in [2.75, 3.05) is 17.3 Å². The van der Waals surface area contributed by atoms with Gasteiger partial charge in [-0.2, -0.15) is 0 Å². The van der Waals surface area contributed by atoms with Gasteiger partial charge in [0.05, 0.1) is 5.69 Å². The molecule has 1 unspecified atom stereocenters. The lowest BCUT2D eigenvalue weighted by Crippen LogP contribution is -2.48. The van der Waals surface area contributed by atoms with Crippen molar-refractivity contribution >= 4 is 23.3 Å². The molecule has 0 aliphatic carbocycles. The molecule has 0 bridgehead atoms. The van der Waals surface area contributed by atoms with Gasteiger partial charge >= 0.3 is 6.03 Å². The highest BCUT2D eigenvalue weighted by Gasteiger charge is 2.38. The van der Waals surface area contributed by atoms with Crippen molar-refractivity contribution in [2.24, 2.45) is 0 Å².